The third kappa shape index (κ3) is 2.53. The normalized spacial score (nSPS) is 38.8. The molecule has 2 nitrogen and oxygen atoms in total. The van der Waals surface area contributed by atoms with E-state index in [1.54, 1.807) is 0 Å². The fourth-order valence-electron chi connectivity index (χ4n) is 6.01. The molecule has 0 aromatic carbocycles. The molecule has 0 aromatic rings. The second-order valence-electron chi connectivity index (χ2n) is 8.31. The van der Waals surface area contributed by atoms with E-state index in [4.69, 9.17) is 4.74 Å². The van der Waals surface area contributed by atoms with Crippen molar-refractivity contribution in [1.82, 2.24) is 0 Å². The molecule has 3 atom stereocenters. The molecular formula is C19H30O2. The predicted octanol–water partition coefficient (Wildman–Crippen LogP) is 4.86. The Labute approximate surface area is 129 Å². The average Bonchev–Trinajstić information content (AvgIpc) is 3.25. The van der Waals surface area contributed by atoms with Crippen molar-refractivity contribution >= 4 is 5.97 Å². The van der Waals surface area contributed by atoms with E-state index in [0.717, 1.165) is 25.2 Å². The standard InChI is InChI=1S/C19H30O2/c20-18(17-13-14-8-9-15(17)12-14)21-19(10-4-5-11-19)16-6-2-1-3-7-16/h14-17H,1-13H2. The van der Waals surface area contributed by atoms with Crippen molar-refractivity contribution in [2.75, 3.05) is 0 Å². The lowest BCUT2D eigenvalue weighted by atomic mass is 9.75. The van der Waals surface area contributed by atoms with Gasteiger partial charge >= 0.3 is 5.97 Å². The number of carbonyl (C=O) groups is 1. The van der Waals surface area contributed by atoms with Crippen LogP contribution in [0.4, 0.5) is 0 Å². The Morgan fingerprint density at radius 1 is 0.857 bits per heavy atom. The van der Waals surface area contributed by atoms with Crippen molar-refractivity contribution in [2.45, 2.75) is 89.1 Å². The van der Waals surface area contributed by atoms with E-state index in [-0.39, 0.29) is 17.5 Å². The third-order valence-electron chi connectivity index (χ3n) is 7.14. The number of hydrogen-bond acceptors (Lipinski definition) is 2. The average molecular weight is 290 g/mol. The van der Waals surface area contributed by atoms with Crippen molar-refractivity contribution < 1.29 is 9.53 Å². The lowest BCUT2D eigenvalue weighted by molar-refractivity contribution is -0.174. The minimum atomic E-state index is -0.0562. The highest BCUT2D eigenvalue weighted by atomic mass is 16.6. The summed E-state index contributed by atoms with van der Waals surface area (Å²) >= 11 is 0. The van der Waals surface area contributed by atoms with Crippen molar-refractivity contribution in [3.63, 3.8) is 0 Å². The maximum absolute atomic E-state index is 12.8. The van der Waals surface area contributed by atoms with Gasteiger partial charge < -0.3 is 4.74 Å². The Balaban J connectivity index is 1.45. The Morgan fingerprint density at radius 3 is 2.24 bits per heavy atom. The Hall–Kier alpha value is -0.530. The SMILES string of the molecule is O=C(OC1(C2CCCCC2)CCCC1)C1CC2CCC1C2. The van der Waals surface area contributed by atoms with Gasteiger partial charge in [-0.25, -0.2) is 0 Å². The van der Waals surface area contributed by atoms with Gasteiger partial charge in [0, 0.05) is 0 Å². The van der Waals surface area contributed by atoms with Crippen LogP contribution in [0.1, 0.15) is 83.5 Å². The predicted molar refractivity (Wildman–Crippen MR) is 82.8 cm³/mol. The first-order valence-corrected chi connectivity index (χ1v) is 9.50. The molecule has 118 valence electrons. The Bertz CT molecular complexity index is 390. The number of carbonyl (C=O) groups excluding carboxylic acids is 1. The molecule has 0 aromatic heterocycles. The Kier molecular flexibility index (Phi) is 3.75. The lowest BCUT2D eigenvalue weighted by Gasteiger charge is -2.40. The molecule has 4 rings (SSSR count). The summed E-state index contributed by atoms with van der Waals surface area (Å²) in [6.07, 6.45) is 16.6. The van der Waals surface area contributed by atoms with E-state index >= 15 is 0 Å². The molecule has 0 spiro atoms. The van der Waals surface area contributed by atoms with Crippen LogP contribution in [-0.4, -0.2) is 11.6 Å². The maximum atomic E-state index is 12.8. The van der Waals surface area contributed by atoms with Crippen LogP contribution >= 0.6 is 0 Å². The summed E-state index contributed by atoms with van der Waals surface area (Å²) in [6.45, 7) is 0. The van der Waals surface area contributed by atoms with Gasteiger partial charge in [-0.05, 0) is 75.5 Å². The van der Waals surface area contributed by atoms with Gasteiger partial charge in [0.1, 0.15) is 5.60 Å². The van der Waals surface area contributed by atoms with Crippen LogP contribution < -0.4 is 0 Å². The number of hydrogen-bond donors (Lipinski definition) is 0. The minimum absolute atomic E-state index is 0.0562. The van der Waals surface area contributed by atoms with Crippen molar-refractivity contribution in [2.24, 2.45) is 23.7 Å². The molecule has 4 saturated carbocycles. The zero-order valence-corrected chi connectivity index (χ0v) is 13.3. The monoisotopic (exact) mass is 290 g/mol. The molecule has 2 bridgehead atoms. The fourth-order valence-corrected chi connectivity index (χ4v) is 6.01. The summed E-state index contributed by atoms with van der Waals surface area (Å²) in [7, 11) is 0. The van der Waals surface area contributed by atoms with Crippen LogP contribution in [0.5, 0.6) is 0 Å². The van der Waals surface area contributed by atoms with E-state index in [0.29, 0.717) is 11.8 Å². The van der Waals surface area contributed by atoms with Crippen LogP contribution in [-0.2, 0) is 9.53 Å². The van der Waals surface area contributed by atoms with Gasteiger partial charge in [0.05, 0.1) is 5.92 Å². The smallest absolute Gasteiger partial charge is 0.309 e. The third-order valence-corrected chi connectivity index (χ3v) is 7.14. The second kappa shape index (κ2) is 5.59. The lowest BCUT2D eigenvalue weighted by Crippen LogP contribution is -2.43. The van der Waals surface area contributed by atoms with Gasteiger partial charge in [-0.15, -0.1) is 0 Å². The van der Waals surface area contributed by atoms with E-state index < -0.39 is 0 Å². The van der Waals surface area contributed by atoms with Gasteiger partial charge in [0.25, 0.3) is 0 Å². The van der Waals surface area contributed by atoms with Crippen molar-refractivity contribution in [1.29, 1.82) is 0 Å². The fraction of sp³-hybridized carbons (Fsp3) is 0.947. The topological polar surface area (TPSA) is 26.3 Å². The van der Waals surface area contributed by atoms with E-state index in [1.165, 1.54) is 64.2 Å². The molecule has 4 aliphatic carbocycles. The second-order valence-corrected chi connectivity index (χ2v) is 8.31. The molecule has 0 N–H and O–H groups in total. The summed E-state index contributed by atoms with van der Waals surface area (Å²) in [5.41, 5.74) is -0.0562. The highest BCUT2D eigenvalue weighted by molar-refractivity contribution is 5.74. The molecule has 2 heteroatoms. The van der Waals surface area contributed by atoms with Crippen molar-refractivity contribution in [3.8, 4) is 0 Å². The van der Waals surface area contributed by atoms with Crippen LogP contribution in [0.25, 0.3) is 0 Å². The summed E-state index contributed by atoms with van der Waals surface area (Å²) in [5.74, 6) is 2.60. The molecule has 21 heavy (non-hydrogen) atoms. The number of esters is 1. The first kappa shape index (κ1) is 14.1. The summed E-state index contributed by atoms with van der Waals surface area (Å²) < 4.78 is 6.34. The number of ether oxygens (including phenoxy) is 1. The van der Waals surface area contributed by atoms with Gasteiger partial charge in [0.2, 0.25) is 0 Å². The highest BCUT2D eigenvalue weighted by Crippen LogP contribution is 2.51. The number of fused-ring (bicyclic) bond motifs is 2. The molecule has 4 fully saturated rings. The first-order valence-electron chi connectivity index (χ1n) is 9.50. The molecule has 3 unspecified atom stereocenters. The van der Waals surface area contributed by atoms with Gasteiger partial charge in [-0.1, -0.05) is 25.7 Å². The summed E-state index contributed by atoms with van der Waals surface area (Å²) in [4.78, 5) is 12.8. The quantitative estimate of drug-likeness (QED) is 0.694. The van der Waals surface area contributed by atoms with Gasteiger partial charge in [-0.3, -0.25) is 4.79 Å². The van der Waals surface area contributed by atoms with Gasteiger partial charge in [-0.2, -0.15) is 0 Å². The molecule has 0 aliphatic heterocycles. The van der Waals surface area contributed by atoms with Crippen LogP contribution in [0.15, 0.2) is 0 Å². The highest BCUT2D eigenvalue weighted by Gasteiger charge is 2.49. The van der Waals surface area contributed by atoms with E-state index in [2.05, 4.69) is 0 Å². The largest absolute Gasteiger partial charge is 0.459 e. The minimum Gasteiger partial charge on any atom is -0.459 e. The zero-order chi connectivity index (χ0) is 14.3. The Morgan fingerprint density at radius 2 is 1.62 bits per heavy atom. The molecule has 0 amide bonds. The summed E-state index contributed by atoms with van der Waals surface area (Å²) in [6, 6.07) is 0. The van der Waals surface area contributed by atoms with E-state index in [1.807, 2.05) is 0 Å². The van der Waals surface area contributed by atoms with E-state index in [9.17, 15) is 4.79 Å². The summed E-state index contributed by atoms with van der Waals surface area (Å²) in [5, 5.41) is 0. The van der Waals surface area contributed by atoms with Crippen molar-refractivity contribution in [3.05, 3.63) is 0 Å². The molecule has 0 saturated heterocycles. The molecular weight excluding hydrogens is 260 g/mol. The molecule has 4 aliphatic rings. The maximum Gasteiger partial charge on any atom is 0.309 e. The van der Waals surface area contributed by atoms with Crippen LogP contribution in [0.2, 0.25) is 0 Å². The van der Waals surface area contributed by atoms with Crippen LogP contribution in [0.3, 0.4) is 0 Å². The first-order chi connectivity index (χ1) is 10.3. The zero-order valence-electron chi connectivity index (χ0n) is 13.3. The molecule has 0 radical (unpaired) electrons. The van der Waals surface area contributed by atoms with Crippen LogP contribution in [0, 0.1) is 23.7 Å². The van der Waals surface area contributed by atoms with Gasteiger partial charge in [0.15, 0.2) is 0 Å². The number of rotatable bonds is 3. The molecule has 0 heterocycles.